The van der Waals surface area contributed by atoms with Crippen LogP contribution in [0.4, 0.5) is 10.5 Å². The molecule has 2 aromatic rings. The zero-order valence-corrected chi connectivity index (χ0v) is 14.8. The number of aromatic nitrogens is 1. The van der Waals surface area contributed by atoms with Gasteiger partial charge in [-0.25, -0.2) is 4.79 Å². The summed E-state index contributed by atoms with van der Waals surface area (Å²) in [4.78, 5) is 41.5. The van der Waals surface area contributed by atoms with Crippen molar-refractivity contribution in [1.82, 2.24) is 9.88 Å². The van der Waals surface area contributed by atoms with Crippen LogP contribution in [-0.4, -0.2) is 41.5 Å². The molecule has 0 aliphatic carbocycles. The van der Waals surface area contributed by atoms with Gasteiger partial charge in [-0.05, 0) is 36.4 Å². The number of carbonyl (C=O) groups excluding carboxylic acids is 3. The molecule has 2 amide bonds. The second-order valence-corrected chi connectivity index (χ2v) is 6.06. The summed E-state index contributed by atoms with van der Waals surface area (Å²) in [5.41, 5.74) is 1.28. The molecule has 140 valence electrons. The predicted octanol–water partition coefficient (Wildman–Crippen LogP) is 2.21. The van der Waals surface area contributed by atoms with Gasteiger partial charge in [0.05, 0.1) is 25.3 Å². The van der Waals surface area contributed by atoms with E-state index >= 15 is 0 Å². The van der Waals surface area contributed by atoms with E-state index in [2.05, 4.69) is 15.0 Å². The van der Waals surface area contributed by atoms with Crippen LogP contribution in [0, 0.1) is 5.92 Å². The summed E-state index contributed by atoms with van der Waals surface area (Å²) in [6, 6.07) is 11.8. The number of hydrogen-bond donors (Lipinski definition) is 1. The summed E-state index contributed by atoms with van der Waals surface area (Å²) in [5, 5.41) is 2.50. The number of nitrogens with one attached hydrogen (secondary N) is 1. The fraction of sp³-hybridized carbons (Fsp3) is 0.263. The third-order valence-corrected chi connectivity index (χ3v) is 4.13. The fourth-order valence-corrected chi connectivity index (χ4v) is 2.74. The maximum atomic E-state index is 12.4. The number of methoxy groups -OCH3 is 1. The van der Waals surface area contributed by atoms with Crippen molar-refractivity contribution in [2.24, 2.45) is 5.92 Å². The van der Waals surface area contributed by atoms with Crippen molar-refractivity contribution in [3.8, 4) is 5.75 Å². The summed E-state index contributed by atoms with van der Waals surface area (Å²) >= 11 is 0. The Morgan fingerprint density at radius 3 is 2.67 bits per heavy atom. The minimum Gasteiger partial charge on any atom is -0.453 e. The molecule has 1 N–H and O–H groups in total. The minimum atomic E-state index is -0.586. The van der Waals surface area contributed by atoms with Crippen LogP contribution in [0.2, 0.25) is 0 Å². The van der Waals surface area contributed by atoms with Gasteiger partial charge in [-0.15, -0.1) is 0 Å². The topological polar surface area (TPSA) is 97.8 Å². The van der Waals surface area contributed by atoms with Crippen molar-refractivity contribution in [2.45, 2.75) is 13.0 Å². The first-order chi connectivity index (χ1) is 13.0. The Morgan fingerprint density at radius 1 is 1.22 bits per heavy atom. The lowest BCUT2D eigenvalue weighted by molar-refractivity contribution is -0.139. The highest BCUT2D eigenvalue weighted by atomic mass is 16.5. The zero-order valence-electron chi connectivity index (χ0n) is 14.8. The summed E-state index contributed by atoms with van der Waals surface area (Å²) < 4.78 is 9.86. The Balaban J connectivity index is 1.55. The molecule has 1 atom stereocenters. The van der Waals surface area contributed by atoms with Gasteiger partial charge < -0.3 is 14.4 Å². The van der Waals surface area contributed by atoms with Crippen molar-refractivity contribution in [3.63, 3.8) is 0 Å². The van der Waals surface area contributed by atoms with Crippen LogP contribution in [0.5, 0.6) is 5.75 Å². The number of ether oxygens (including phenoxy) is 2. The smallest absolute Gasteiger partial charge is 0.411 e. The van der Waals surface area contributed by atoms with Gasteiger partial charge in [-0.2, -0.15) is 0 Å². The number of benzene rings is 1. The molecule has 0 saturated carbocycles. The highest BCUT2D eigenvalue weighted by Gasteiger charge is 2.35. The van der Waals surface area contributed by atoms with Crippen molar-refractivity contribution < 1.29 is 23.9 Å². The maximum absolute atomic E-state index is 12.4. The standard InChI is InChI=1S/C19H19N3O5/c1-26-19(25)21-14-5-7-16(8-6-14)27-18(24)13-10-17(23)22(11-13)12-15-4-2-3-9-20-15/h2-9,13H,10-12H2,1H3,(H,21,25)/t13-/m0/s1. The van der Waals surface area contributed by atoms with Crippen LogP contribution in [0.3, 0.4) is 0 Å². The van der Waals surface area contributed by atoms with Crippen LogP contribution >= 0.6 is 0 Å². The molecule has 1 fully saturated rings. The molecule has 0 unspecified atom stereocenters. The molecule has 2 heterocycles. The number of carbonyl (C=O) groups is 3. The number of hydrogen-bond acceptors (Lipinski definition) is 6. The lowest BCUT2D eigenvalue weighted by atomic mass is 10.1. The number of anilines is 1. The van der Waals surface area contributed by atoms with E-state index < -0.39 is 18.0 Å². The normalized spacial score (nSPS) is 16.1. The average molecular weight is 369 g/mol. The van der Waals surface area contributed by atoms with E-state index in [9.17, 15) is 14.4 Å². The highest BCUT2D eigenvalue weighted by molar-refractivity contribution is 5.88. The van der Waals surface area contributed by atoms with Gasteiger partial charge in [0.15, 0.2) is 0 Å². The number of amides is 2. The molecule has 1 aromatic heterocycles. The third kappa shape index (κ3) is 4.81. The Kier molecular flexibility index (Phi) is 5.65. The molecule has 1 aromatic carbocycles. The molecule has 0 spiro atoms. The quantitative estimate of drug-likeness (QED) is 0.641. The van der Waals surface area contributed by atoms with Crippen LogP contribution in [0.25, 0.3) is 0 Å². The Labute approximate surface area is 156 Å². The Morgan fingerprint density at radius 2 is 2.00 bits per heavy atom. The predicted molar refractivity (Wildman–Crippen MR) is 95.9 cm³/mol. The molecule has 1 saturated heterocycles. The van der Waals surface area contributed by atoms with Crippen LogP contribution in [0.1, 0.15) is 12.1 Å². The SMILES string of the molecule is COC(=O)Nc1ccc(OC(=O)[C@H]2CC(=O)N(Cc3ccccn3)C2)cc1. The van der Waals surface area contributed by atoms with Crippen molar-refractivity contribution in [2.75, 3.05) is 19.0 Å². The van der Waals surface area contributed by atoms with Gasteiger partial charge in [0.2, 0.25) is 5.91 Å². The van der Waals surface area contributed by atoms with E-state index in [0.717, 1.165) is 5.69 Å². The molecule has 8 heteroatoms. The minimum absolute atomic E-state index is 0.0970. The van der Waals surface area contributed by atoms with Gasteiger partial charge in [-0.3, -0.25) is 19.9 Å². The van der Waals surface area contributed by atoms with E-state index in [1.807, 2.05) is 12.1 Å². The summed E-state index contributed by atoms with van der Waals surface area (Å²) in [6.45, 7) is 0.674. The molecule has 3 rings (SSSR count). The van der Waals surface area contributed by atoms with Gasteiger partial charge in [0, 0.05) is 24.8 Å². The first kappa shape index (κ1) is 18.4. The highest BCUT2D eigenvalue weighted by Crippen LogP contribution is 2.23. The number of rotatable bonds is 5. The molecular weight excluding hydrogens is 350 g/mol. The zero-order chi connectivity index (χ0) is 19.2. The molecule has 0 bridgehead atoms. The second-order valence-electron chi connectivity index (χ2n) is 6.06. The average Bonchev–Trinajstić information content (AvgIpc) is 3.04. The maximum Gasteiger partial charge on any atom is 0.411 e. The van der Waals surface area contributed by atoms with Gasteiger partial charge in [0.1, 0.15) is 5.75 Å². The molecule has 1 aliphatic heterocycles. The molecule has 0 radical (unpaired) electrons. The summed E-state index contributed by atoms with van der Waals surface area (Å²) in [6.07, 6.45) is 1.20. The first-order valence-electron chi connectivity index (χ1n) is 8.39. The molecular formula is C19H19N3O5. The van der Waals surface area contributed by atoms with Gasteiger partial charge in [-0.1, -0.05) is 6.07 Å². The monoisotopic (exact) mass is 369 g/mol. The summed E-state index contributed by atoms with van der Waals surface area (Å²) in [5.74, 6) is -0.735. The first-order valence-corrected chi connectivity index (χ1v) is 8.39. The van der Waals surface area contributed by atoms with Crippen LogP contribution in [0.15, 0.2) is 48.7 Å². The Bertz CT molecular complexity index is 823. The van der Waals surface area contributed by atoms with E-state index in [4.69, 9.17) is 4.74 Å². The number of nitrogens with zero attached hydrogens (tertiary/aromatic N) is 2. The lowest BCUT2D eigenvalue weighted by Crippen LogP contribution is -2.27. The van der Waals surface area contributed by atoms with Gasteiger partial charge in [0.25, 0.3) is 0 Å². The van der Waals surface area contributed by atoms with Crippen molar-refractivity contribution in [3.05, 3.63) is 54.4 Å². The number of likely N-dealkylation sites (tertiary alicyclic amines) is 1. The second kappa shape index (κ2) is 8.31. The van der Waals surface area contributed by atoms with Crippen LogP contribution < -0.4 is 10.1 Å². The van der Waals surface area contributed by atoms with Crippen molar-refractivity contribution in [1.29, 1.82) is 0 Å². The molecule has 1 aliphatic rings. The van der Waals surface area contributed by atoms with Gasteiger partial charge >= 0.3 is 12.1 Å². The summed E-state index contributed by atoms with van der Waals surface area (Å²) in [7, 11) is 1.27. The van der Waals surface area contributed by atoms with E-state index in [1.54, 1.807) is 41.4 Å². The van der Waals surface area contributed by atoms with E-state index in [1.165, 1.54) is 7.11 Å². The van der Waals surface area contributed by atoms with E-state index in [0.29, 0.717) is 24.5 Å². The Hall–Kier alpha value is -3.42. The lowest BCUT2D eigenvalue weighted by Gasteiger charge is -2.15. The largest absolute Gasteiger partial charge is 0.453 e. The number of pyridine rings is 1. The van der Waals surface area contributed by atoms with Crippen LogP contribution in [-0.2, 0) is 20.9 Å². The third-order valence-electron chi connectivity index (χ3n) is 4.13. The van der Waals surface area contributed by atoms with Crippen molar-refractivity contribution >= 4 is 23.7 Å². The van der Waals surface area contributed by atoms with E-state index in [-0.39, 0.29) is 12.3 Å². The fourth-order valence-electron chi connectivity index (χ4n) is 2.74. The molecule has 27 heavy (non-hydrogen) atoms. The number of esters is 1. The molecule has 8 nitrogen and oxygen atoms in total.